The molecule has 0 saturated heterocycles. The molecule has 1 amide bonds. The highest BCUT2D eigenvalue weighted by atomic mass is 19.3. The van der Waals surface area contributed by atoms with Gasteiger partial charge < -0.3 is 11.1 Å². The lowest BCUT2D eigenvalue weighted by molar-refractivity contribution is -0.137. The second-order valence-electron chi connectivity index (χ2n) is 3.67. The van der Waals surface area contributed by atoms with Gasteiger partial charge in [0.25, 0.3) is 0 Å². The lowest BCUT2D eigenvalue weighted by Gasteiger charge is -2.18. The van der Waals surface area contributed by atoms with Crippen LogP contribution in [0.5, 0.6) is 0 Å². The molecular weight excluding hydrogens is 252 g/mol. The SMILES string of the molecule is N[C@@H](C(=O)NCC(F)(F)C(F)F)c1ccccc1. The standard InChI is InChI=1S/C11H12F4N2O/c12-10(13)11(14,15)6-17-9(18)8(16)7-4-2-1-3-5-7/h1-5,8,10H,6,16H2,(H,17,18)/t8-/m1/s1. The predicted molar refractivity (Wildman–Crippen MR) is 57.3 cm³/mol. The maximum absolute atomic E-state index is 12.6. The zero-order chi connectivity index (χ0) is 13.8. The summed E-state index contributed by atoms with van der Waals surface area (Å²) in [4.78, 5) is 11.4. The smallest absolute Gasteiger partial charge is 0.324 e. The van der Waals surface area contributed by atoms with Gasteiger partial charge in [-0.15, -0.1) is 0 Å². The summed E-state index contributed by atoms with van der Waals surface area (Å²) in [5.41, 5.74) is 5.91. The van der Waals surface area contributed by atoms with Gasteiger partial charge in [-0.2, -0.15) is 8.78 Å². The molecule has 0 fully saturated rings. The molecule has 0 saturated carbocycles. The second-order valence-corrected chi connectivity index (χ2v) is 3.67. The van der Waals surface area contributed by atoms with Gasteiger partial charge in [0.15, 0.2) is 0 Å². The van der Waals surface area contributed by atoms with E-state index in [4.69, 9.17) is 5.73 Å². The van der Waals surface area contributed by atoms with Gasteiger partial charge in [0.05, 0.1) is 6.54 Å². The zero-order valence-corrected chi connectivity index (χ0v) is 9.25. The number of rotatable bonds is 5. The van der Waals surface area contributed by atoms with E-state index < -0.39 is 30.8 Å². The molecule has 1 atom stereocenters. The number of hydrogen-bond donors (Lipinski definition) is 2. The molecule has 0 aliphatic carbocycles. The van der Waals surface area contributed by atoms with Crippen molar-refractivity contribution in [1.29, 1.82) is 0 Å². The van der Waals surface area contributed by atoms with Crippen LogP contribution in [0.25, 0.3) is 0 Å². The molecule has 0 radical (unpaired) electrons. The molecule has 100 valence electrons. The summed E-state index contributed by atoms with van der Waals surface area (Å²) in [5, 5.41) is 1.71. The van der Waals surface area contributed by atoms with Gasteiger partial charge in [0, 0.05) is 0 Å². The topological polar surface area (TPSA) is 55.1 Å². The highest BCUT2D eigenvalue weighted by Crippen LogP contribution is 2.21. The molecule has 1 aromatic rings. The summed E-state index contributed by atoms with van der Waals surface area (Å²) in [7, 11) is 0. The largest absolute Gasteiger partial charge is 0.348 e. The summed E-state index contributed by atoms with van der Waals surface area (Å²) in [5.74, 6) is -5.19. The molecule has 0 aliphatic rings. The molecule has 0 bridgehead atoms. The molecule has 18 heavy (non-hydrogen) atoms. The van der Waals surface area contributed by atoms with E-state index in [-0.39, 0.29) is 0 Å². The molecule has 0 aromatic heterocycles. The van der Waals surface area contributed by atoms with E-state index in [1.54, 1.807) is 23.5 Å². The number of benzene rings is 1. The third-order valence-corrected chi connectivity index (χ3v) is 2.26. The Balaban J connectivity index is 2.57. The third kappa shape index (κ3) is 3.69. The minimum Gasteiger partial charge on any atom is -0.348 e. The first-order valence-corrected chi connectivity index (χ1v) is 5.09. The van der Waals surface area contributed by atoms with Crippen LogP contribution in [0.15, 0.2) is 30.3 Å². The van der Waals surface area contributed by atoms with Gasteiger partial charge in [-0.25, -0.2) is 8.78 Å². The summed E-state index contributed by atoms with van der Waals surface area (Å²) in [6, 6.07) is 6.84. The highest BCUT2D eigenvalue weighted by Gasteiger charge is 2.41. The van der Waals surface area contributed by atoms with Gasteiger partial charge in [-0.05, 0) is 5.56 Å². The second kappa shape index (κ2) is 5.81. The molecule has 3 nitrogen and oxygen atoms in total. The number of hydrogen-bond acceptors (Lipinski definition) is 2. The van der Waals surface area contributed by atoms with Gasteiger partial charge in [-0.1, -0.05) is 30.3 Å². The van der Waals surface area contributed by atoms with Crippen LogP contribution in [-0.4, -0.2) is 24.8 Å². The van der Waals surface area contributed by atoms with E-state index in [2.05, 4.69) is 0 Å². The van der Waals surface area contributed by atoms with Crippen LogP contribution >= 0.6 is 0 Å². The van der Waals surface area contributed by atoms with Crippen molar-refractivity contribution in [3.63, 3.8) is 0 Å². The molecule has 0 spiro atoms. The van der Waals surface area contributed by atoms with E-state index >= 15 is 0 Å². The monoisotopic (exact) mass is 264 g/mol. The molecule has 3 N–H and O–H groups in total. The Morgan fingerprint density at radius 3 is 2.33 bits per heavy atom. The molecule has 0 aliphatic heterocycles. The minimum absolute atomic E-state index is 0.412. The van der Waals surface area contributed by atoms with Crippen molar-refractivity contribution in [2.24, 2.45) is 5.73 Å². The Kier molecular flexibility index (Phi) is 4.66. The fraction of sp³-hybridized carbons (Fsp3) is 0.364. The van der Waals surface area contributed by atoms with Gasteiger partial charge in [-0.3, -0.25) is 4.79 Å². The Hall–Kier alpha value is -1.63. The van der Waals surface area contributed by atoms with Crippen molar-refractivity contribution in [3.8, 4) is 0 Å². The number of nitrogens with one attached hydrogen (secondary N) is 1. The Bertz CT molecular complexity index is 397. The van der Waals surface area contributed by atoms with E-state index in [0.29, 0.717) is 5.56 Å². The van der Waals surface area contributed by atoms with Crippen LogP contribution < -0.4 is 11.1 Å². The Morgan fingerprint density at radius 1 is 1.28 bits per heavy atom. The first kappa shape index (κ1) is 14.4. The molecule has 1 rings (SSSR count). The number of amides is 1. The van der Waals surface area contributed by atoms with E-state index in [1.807, 2.05) is 0 Å². The highest BCUT2D eigenvalue weighted by molar-refractivity contribution is 5.82. The van der Waals surface area contributed by atoms with Crippen molar-refractivity contribution in [2.75, 3.05) is 6.54 Å². The summed E-state index contributed by atoms with van der Waals surface area (Å²) in [6.45, 7) is -1.44. The molecule has 0 unspecified atom stereocenters. The van der Waals surface area contributed by atoms with E-state index in [9.17, 15) is 22.4 Å². The fourth-order valence-corrected chi connectivity index (χ4v) is 1.20. The first-order chi connectivity index (χ1) is 8.34. The van der Waals surface area contributed by atoms with Crippen LogP contribution in [0.2, 0.25) is 0 Å². The summed E-state index contributed by atoms with van der Waals surface area (Å²) < 4.78 is 48.8. The van der Waals surface area contributed by atoms with Gasteiger partial charge in [0.1, 0.15) is 6.04 Å². The van der Waals surface area contributed by atoms with Crippen molar-refractivity contribution < 1.29 is 22.4 Å². The average molecular weight is 264 g/mol. The first-order valence-electron chi connectivity index (χ1n) is 5.09. The number of nitrogens with two attached hydrogens (primary N) is 1. The van der Waals surface area contributed by atoms with Crippen molar-refractivity contribution in [2.45, 2.75) is 18.4 Å². The van der Waals surface area contributed by atoms with Crippen LogP contribution in [0.3, 0.4) is 0 Å². The quantitative estimate of drug-likeness (QED) is 0.795. The number of carbonyl (C=O) groups excluding carboxylic acids is 1. The third-order valence-electron chi connectivity index (χ3n) is 2.26. The van der Waals surface area contributed by atoms with Crippen LogP contribution in [-0.2, 0) is 4.79 Å². The molecule has 7 heteroatoms. The Labute approximate surface area is 101 Å². The lowest BCUT2D eigenvalue weighted by Crippen LogP contribution is -2.44. The van der Waals surface area contributed by atoms with Crippen LogP contribution in [0, 0.1) is 0 Å². The average Bonchev–Trinajstić information content (AvgIpc) is 2.36. The lowest BCUT2D eigenvalue weighted by atomic mass is 10.1. The maximum atomic E-state index is 12.6. The molecule has 0 heterocycles. The Morgan fingerprint density at radius 2 is 1.83 bits per heavy atom. The van der Waals surface area contributed by atoms with Gasteiger partial charge >= 0.3 is 12.3 Å². The summed E-state index contributed by atoms with van der Waals surface area (Å²) in [6.07, 6.45) is -3.83. The predicted octanol–water partition coefficient (Wildman–Crippen LogP) is 1.70. The summed E-state index contributed by atoms with van der Waals surface area (Å²) >= 11 is 0. The normalized spacial score (nSPS) is 13.4. The fourth-order valence-electron chi connectivity index (χ4n) is 1.20. The van der Waals surface area contributed by atoms with Crippen molar-refractivity contribution in [3.05, 3.63) is 35.9 Å². The molecule has 1 aromatic carbocycles. The zero-order valence-electron chi connectivity index (χ0n) is 9.25. The number of carbonyl (C=O) groups is 1. The minimum atomic E-state index is -4.26. The maximum Gasteiger partial charge on any atom is 0.324 e. The van der Waals surface area contributed by atoms with Crippen molar-refractivity contribution in [1.82, 2.24) is 5.32 Å². The van der Waals surface area contributed by atoms with Crippen LogP contribution in [0.1, 0.15) is 11.6 Å². The number of alkyl halides is 4. The van der Waals surface area contributed by atoms with Gasteiger partial charge in [0.2, 0.25) is 5.91 Å². The molecular formula is C11H12F4N2O. The van der Waals surface area contributed by atoms with Crippen molar-refractivity contribution >= 4 is 5.91 Å². The van der Waals surface area contributed by atoms with Crippen LogP contribution in [0.4, 0.5) is 17.6 Å². The number of halogens is 4. The van der Waals surface area contributed by atoms with E-state index in [1.165, 1.54) is 12.1 Å². The van der Waals surface area contributed by atoms with E-state index in [0.717, 1.165) is 0 Å².